The van der Waals surface area contributed by atoms with Crippen LogP contribution in [0.5, 0.6) is 11.5 Å². The Bertz CT molecular complexity index is 866. The molecule has 0 aliphatic heterocycles. The second kappa shape index (κ2) is 7.04. The molecule has 0 atom stereocenters. The van der Waals surface area contributed by atoms with Crippen LogP contribution in [0.15, 0.2) is 53.3 Å². The summed E-state index contributed by atoms with van der Waals surface area (Å²) in [7, 11) is 3.26. The standard InChI is InChI=1S/C18H19N3O3/c1-23-15-9-7-13(8-10-15)12-21-17(19-20-18(21)22)11-14-5-3-4-6-16(14)24-2/h3-10H,11-12H2,1-2H3,(H,20,22). The predicted octanol–water partition coefficient (Wildman–Crippen LogP) is 2.23. The monoisotopic (exact) mass is 325 g/mol. The van der Waals surface area contributed by atoms with E-state index in [4.69, 9.17) is 9.47 Å². The molecule has 0 amide bonds. The minimum absolute atomic E-state index is 0.226. The lowest BCUT2D eigenvalue weighted by Gasteiger charge is -2.09. The normalized spacial score (nSPS) is 10.6. The molecule has 0 radical (unpaired) electrons. The number of aromatic nitrogens is 3. The first-order valence-corrected chi connectivity index (χ1v) is 7.60. The Morgan fingerprint density at radius 1 is 1.04 bits per heavy atom. The van der Waals surface area contributed by atoms with Gasteiger partial charge in [-0.2, -0.15) is 5.10 Å². The molecule has 0 fully saturated rings. The average Bonchev–Trinajstić information content (AvgIpc) is 2.96. The van der Waals surface area contributed by atoms with Gasteiger partial charge in [-0.3, -0.25) is 4.57 Å². The van der Waals surface area contributed by atoms with Crippen molar-refractivity contribution in [2.75, 3.05) is 14.2 Å². The number of rotatable bonds is 6. The van der Waals surface area contributed by atoms with Crippen LogP contribution in [0.3, 0.4) is 0 Å². The van der Waals surface area contributed by atoms with Crippen LogP contribution in [0.4, 0.5) is 0 Å². The molecule has 0 saturated carbocycles. The van der Waals surface area contributed by atoms with Crippen LogP contribution in [0.25, 0.3) is 0 Å². The Balaban J connectivity index is 1.87. The lowest BCUT2D eigenvalue weighted by molar-refractivity contribution is 0.410. The summed E-state index contributed by atoms with van der Waals surface area (Å²) in [6.07, 6.45) is 0.513. The molecule has 24 heavy (non-hydrogen) atoms. The summed E-state index contributed by atoms with van der Waals surface area (Å²) in [5.41, 5.74) is 1.76. The zero-order valence-corrected chi connectivity index (χ0v) is 13.7. The van der Waals surface area contributed by atoms with Crippen molar-refractivity contribution in [3.8, 4) is 11.5 Å². The number of nitrogens with one attached hydrogen (secondary N) is 1. The highest BCUT2D eigenvalue weighted by Crippen LogP contribution is 2.20. The highest BCUT2D eigenvalue weighted by atomic mass is 16.5. The smallest absolute Gasteiger partial charge is 0.343 e. The summed E-state index contributed by atoms with van der Waals surface area (Å²) >= 11 is 0. The van der Waals surface area contributed by atoms with Crippen molar-refractivity contribution in [2.45, 2.75) is 13.0 Å². The molecule has 3 aromatic rings. The third-order valence-corrected chi connectivity index (χ3v) is 3.88. The molecule has 124 valence electrons. The third-order valence-electron chi connectivity index (χ3n) is 3.88. The van der Waals surface area contributed by atoms with Gasteiger partial charge in [-0.05, 0) is 23.8 Å². The van der Waals surface area contributed by atoms with E-state index in [1.54, 1.807) is 18.8 Å². The predicted molar refractivity (Wildman–Crippen MR) is 90.7 cm³/mol. The molecule has 0 saturated heterocycles. The Hall–Kier alpha value is -3.02. The van der Waals surface area contributed by atoms with Crippen molar-refractivity contribution in [3.63, 3.8) is 0 Å². The highest BCUT2D eigenvalue weighted by molar-refractivity contribution is 5.35. The number of methoxy groups -OCH3 is 2. The van der Waals surface area contributed by atoms with Gasteiger partial charge in [-0.15, -0.1) is 0 Å². The molecule has 1 aromatic heterocycles. The molecule has 6 heteroatoms. The SMILES string of the molecule is COc1ccc(Cn2c(Cc3ccccc3OC)n[nH]c2=O)cc1. The van der Waals surface area contributed by atoms with Crippen LogP contribution in [0.1, 0.15) is 17.0 Å². The maximum absolute atomic E-state index is 12.1. The van der Waals surface area contributed by atoms with Crippen molar-refractivity contribution in [1.82, 2.24) is 14.8 Å². The van der Waals surface area contributed by atoms with Gasteiger partial charge in [0.25, 0.3) is 0 Å². The molecule has 3 rings (SSSR count). The third kappa shape index (κ3) is 3.32. The molecule has 1 N–H and O–H groups in total. The van der Waals surface area contributed by atoms with Crippen molar-refractivity contribution in [1.29, 1.82) is 0 Å². The van der Waals surface area contributed by atoms with Gasteiger partial charge < -0.3 is 9.47 Å². The van der Waals surface area contributed by atoms with Gasteiger partial charge in [-0.1, -0.05) is 30.3 Å². The van der Waals surface area contributed by atoms with Crippen molar-refractivity contribution < 1.29 is 9.47 Å². The lowest BCUT2D eigenvalue weighted by atomic mass is 10.1. The van der Waals surface area contributed by atoms with E-state index in [2.05, 4.69) is 10.2 Å². The number of hydrogen-bond acceptors (Lipinski definition) is 4. The fraction of sp³-hybridized carbons (Fsp3) is 0.222. The molecule has 2 aromatic carbocycles. The van der Waals surface area contributed by atoms with Gasteiger partial charge in [0, 0.05) is 12.0 Å². The fourth-order valence-corrected chi connectivity index (χ4v) is 2.58. The Kier molecular flexibility index (Phi) is 4.65. The van der Waals surface area contributed by atoms with E-state index in [9.17, 15) is 4.79 Å². The molecule has 6 nitrogen and oxygen atoms in total. The van der Waals surface area contributed by atoms with E-state index < -0.39 is 0 Å². The van der Waals surface area contributed by atoms with Crippen LogP contribution in [-0.2, 0) is 13.0 Å². The second-order valence-corrected chi connectivity index (χ2v) is 5.37. The number of para-hydroxylation sites is 1. The maximum atomic E-state index is 12.1. The largest absolute Gasteiger partial charge is 0.497 e. The summed E-state index contributed by atoms with van der Waals surface area (Å²) in [5, 5.41) is 6.69. The summed E-state index contributed by atoms with van der Waals surface area (Å²) in [6, 6.07) is 15.3. The van der Waals surface area contributed by atoms with E-state index in [1.807, 2.05) is 48.5 Å². The Morgan fingerprint density at radius 2 is 1.79 bits per heavy atom. The number of nitrogens with zero attached hydrogens (tertiary/aromatic N) is 2. The van der Waals surface area contributed by atoms with E-state index in [0.29, 0.717) is 18.8 Å². The van der Waals surface area contributed by atoms with Crippen LogP contribution in [0, 0.1) is 0 Å². The number of aromatic amines is 1. The first-order valence-electron chi connectivity index (χ1n) is 7.60. The van der Waals surface area contributed by atoms with E-state index in [0.717, 1.165) is 22.6 Å². The number of H-pyrrole nitrogens is 1. The van der Waals surface area contributed by atoms with Crippen LogP contribution < -0.4 is 15.2 Å². The maximum Gasteiger partial charge on any atom is 0.343 e. The van der Waals surface area contributed by atoms with Gasteiger partial charge in [0.15, 0.2) is 0 Å². The summed E-state index contributed by atoms with van der Waals surface area (Å²) in [5.74, 6) is 2.23. The zero-order chi connectivity index (χ0) is 16.9. The van der Waals surface area contributed by atoms with E-state index >= 15 is 0 Å². The number of ether oxygens (including phenoxy) is 2. The second-order valence-electron chi connectivity index (χ2n) is 5.37. The molecule has 0 bridgehead atoms. The van der Waals surface area contributed by atoms with E-state index in [-0.39, 0.29) is 5.69 Å². The fourth-order valence-electron chi connectivity index (χ4n) is 2.58. The van der Waals surface area contributed by atoms with Crippen LogP contribution >= 0.6 is 0 Å². The van der Waals surface area contributed by atoms with Crippen LogP contribution in [-0.4, -0.2) is 29.0 Å². The molecule has 0 unspecified atom stereocenters. The van der Waals surface area contributed by atoms with Gasteiger partial charge >= 0.3 is 5.69 Å². The van der Waals surface area contributed by atoms with Crippen molar-refractivity contribution in [3.05, 3.63) is 76.0 Å². The van der Waals surface area contributed by atoms with Gasteiger partial charge in [0.2, 0.25) is 0 Å². The first kappa shape index (κ1) is 15.9. The molecular weight excluding hydrogens is 306 g/mol. The van der Waals surface area contributed by atoms with Gasteiger partial charge in [0.1, 0.15) is 17.3 Å². The minimum atomic E-state index is -0.226. The number of hydrogen-bond donors (Lipinski definition) is 1. The Morgan fingerprint density at radius 3 is 2.50 bits per heavy atom. The van der Waals surface area contributed by atoms with Crippen molar-refractivity contribution >= 4 is 0 Å². The molecule has 1 heterocycles. The molecule has 0 aliphatic carbocycles. The van der Waals surface area contributed by atoms with E-state index in [1.165, 1.54) is 0 Å². The molecule has 0 spiro atoms. The topological polar surface area (TPSA) is 69.1 Å². The number of benzene rings is 2. The quantitative estimate of drug-likeness (QED) is 0.754. The van der Waals surface area contributed by atoms with Crippen molar-refractivity contribution in [2.24, 2.45) is 0 Å². The van der Waals surface area contributed by atoms with Gasteiger partial charge in [0.05, 0.1) is 20.8 Å². The summed E-state index contributed by atoms with van der Waals surface area (Å²) in [4.78, 5) is 12.1. The highest BCUT2D eigenvalue weighted by Gasteiger charge is 2.12. The minimum Gasteiger partial charge on any atom is -0.497 e. The summed E-state index contributed by atoms with van der Waals surface area (Å²) in [6.45, 7) is 0.448. The molecule has 0 aliphatic rings. The van der Waals surface area contributed by atoms with Gasteiger partial charge in [-0.25, -0.2) is 9.89 Å². The molecular formula is C18H19N3O3. The Labute approximate surface area is 139 Å². The average molecular weight is 325 g/mol. The lowest BCUT2D eigenvalue weighted by Crippen LogP contribution is -2.20. The van der Waals surface area contributed by atoms with Crippen LogP contribution in [0.2, 0.25) is 0 Å². The first-order chi connectivity index (χ1) is 11.7. The summed E-state index contributed by atoms with van der Waals surface area (Å²) < 4.78 is 12.2. The zero-order valence-electron chi connectivity index (χ0n) is 13.7.